The molecule has 0 heterocycles. The van der Waals surface area contributed by atoms with E-state index in [0.29, 0.717) is 44.9 Å². The highest BCUT2D eigenvalue weighted by molar-refractivity contribution is 5.72. The first-order valence-electron chi connectivity index (χ1n) is 11.6. The van der Waals surface area contributed by atoms with Crippen LogP contribution in [0, 0.1) is 5.82 Å². The lowest BCUT2D eigenvalue weighted by molar-refractivity contribution is -0.149. The molecule has 0 aliphatic carbocycles. The van der Waals surface area contributed by atoms with Crippen LogP contribution >= 0.6 is 0 Å². The molecule has 0 saturated carbocycles. The average molecular weight is 492 g/mol. The summed E-state index contributed by atoms with van der Waals surface area (Å²) in [6, 6.07) is 13.4. The number of nitrogens with zero attached hydrogens (tertiary/aromatic N) is 1. The molecule has 1 amide bonds. The molecule has 1 N–H and O–H groups in total. The number of benzene rings is 2. The number of carbonyl (C=O) groups is 2. The molecule has 0 saturated heterocycles. The minimum atomic E-state index is -0.996. The number of rotatable bonds is 16. The maximum atomic E-state index is 13.1. The van der Waals surface area contributed by atoms with Gasteiger partial charge in [0.2, 0.25) is 0 Å². The first-order chi connectivity index (χ1) is 16.9. The Hall–Kier alpha value is -3.17. The molecule has 1 atom stereocenters. The van der Waals surface area contributed by atoms with Crippen molar-refractivity contribution in [3.63, 3.8) is 0 Å². The number of carbonyl (C=O) groups excluding carboxylic acids is 1. The fourth-order valence-electron chi connectivity index (χ4n) is 3.35. The average Bonchev–Trinajstić information content (AvgIpc) is 2.85. The lowest BCUT2D eigenvalue weighted by Gasteiger charge is -2.22. The summed E-state index contributed by atoms with van der Waals surface area (Å²) in [5, 5.41) is 9.22. The number of hydrogen-bond donors (Lipinski definition) is 1. The largest absolute Gasteiger partial charge is 0.492 e. The van der Waals surface area contributed by atoms with E-state index in [2.05, 4.69) is 0 Å². The molecule has 0 fully saturated rings. The zero-order valence-electron chi connectivity index (χ0n) is 20.3. The van der Waals surface area contributed by atoms with Crippen molar-refractivity contribution in [1.29, 1.82) is 0 Å². The molecule has 0 spiro atoms. The van der Waals surface area contributed by atoms with E-state index >= 15 is 0 Å². The number of carboxylic acids is 1. The molecule has 0 aliphatic rings. The van der Waals surface area contributed by atoms with Crippen LogP contribution in [0.3, 0.4) is 0 Å². The predicted molar refractivity (Wildman–Crippen MR) is 128 cm³/mol. The minimum absolute atomic E-state index is 0.158. The number of aliphatic carboxylic acids is 1. The summed E-state index contributed by atoms with van der Waals surface area (Å²) in [5.74, 6) is -0.668. The maximum absolute atomic E-state index is 13.1. The van der Waals surface area contributed by atoms with E-state index in [1.54, 1.807) is 48.2 Å². The Bertz CT molecular complexity index is 890. The second kappa shape index (κ2) is 15.7. The lowest BCUT2D eigenvalue weighted by atomic mass is 10.1. The van der Waals surface area contributed by atoms with Gasteiger partial charge < -0.3 is 29.0 Å². The Morgan fingerprint density at radius 1 is 0.971 bits per heavy atom. The summed E-state index contributed by atoms with van der Waals surface area (Å²) >= 11 is 0. The fourth-order valence-corrected chi connectivity index (χ4v) is 3.35. The Labute approximate surface area is 205 Å². The van der Waals surface area contributed by atoms with Crippen molar-refractivity contribution in [2.24, 2.45) is 0 Å². The second-order valence-corrected chi connectivity index (χ2v) is 7.80. The molecule has 0 radical (unpaired) electrons. The zero-order valence-corrected chi connectivity index (χ0v) is 20.3. The van der Waals surface area contributed by atoms with Gasteiger partial charge in [-0.25, -0.2) is 14.0 Å². The highest BCUT2D eigenvalue weighted by atomic mass is 19.1. The number of amides is 1. The number of aryl methyl sites for hydroxylation is 1. The normalized spacial score (nSPS) is 11.6. The highest BCUT2D eigenvalue weighted by Gasteiger charge is 2.18. The van der Waals surface area contributed by atoms with Gasteiger partial charge in [0.05, 0.1) is 13.2 Å². The smallest absolute Gasteiger partial charge is 0.409 e. The van der Waals surface area contributed by atoms with E-state index in [4.69, 9.17) is 18.9 Å². The van der Waals surface area contributed by atoms with Crippen molar-refractivity contribution in [3.05, 3.63) is 65.5 Å². The van der Waals surface area contributed by atoms with Crippen molar-refractivity contribution in [3.8, 4) is 5.75 Å². The van der Waals surface area contributed by atoms with Crippen LogP contribution in [0.15, 0.2) is 48.5 Å². The van der Waals surface area contributed by atoms with E-state index in [0.717, 1.165) is 11.1 Å². The van der Waals surface area contributed by atoms with E-state index in [1.165, 1.54) is 19.2 Å². The quantitative estimate of drug-likeness (QED) is 0.355. The summed E-state index contributed by atoms with van der Waals surface area (Å²) in [6.07, 6.45) is 0.307. The van der Waals surface area contributed by atoms with Crippen molar-refractivity contribution in [2.45, 2.75) is 32.3 Å². The molecule has 2 aromatic rings. The highest BCUT2D eigenvalue weighted by Crippen LogP contribution is 2.15. The van der Waals surface area contributed by atoms with Crippen LogP contribution in [0.5, 0.6) is 5.75 Å². The van der Waals surface area contributed by atoms with Gasteiger partial charge in [0.25, 0.3) is 0 Å². The molecular weight excluding hydrogens is 457 g/mol. The fraction of sp³-hybridized carbons (Fsp3) is 0.462. The maximum Gasteiger partial charge on any atom is 0.409 e. The van der Waals surface area contributed by atoms with Crippen LogP contribution in [0.1, 0.15) is 24.5 Å². The number of ether oxygens (including phenoxy) is 4. The first-order valence-corrected chi connectivity index (χ1v) is 11.6. The Kier molecular flexibility index (Phi) is 12.6. The molecule has 0 aromatic heterocycles. The van der Waals surface area contributed by atoms with Crippen LogP contribution in [0.2, 0.25) is 0 Å². The standard InChI is InChI=1S/C26H34FNO7/c1-3-33-24(25(29)30)19-21-8-12-23(13-9-21)34-16-15-28(26(31)35-18-17-32-2)14-4-5-20-6-10-22(27)11-7-20/h6-13,24H,3-5,14-19H2,1-2H3,(H,29,30). The summed E-state index contributed by atoms with van der Waals surface area (Å²) < 4.78 is 34.3. The molecule has 8 nitrogen and oxygen atoms in total. The van der Waals surface area contributed by atoms with Gasteiger partial charge in [0.1, 0.15) is 24.8 Å². The number of methoxy groups -OCH3 is 1. The van der Waals surface area contributed by atoms with Gasteiger partial charge in [-0.05, 0) is 55.2 Å². The second-order valence-electron chi connectivity index (χ2n) is 7.80. The van der Waals surface area contributed by atoms with Crippen LogP contribution in [-0.2, 0) is 31.8 Å². The van der Waals surface area contributed by atoms with E-state index < -0.39 is 18.2 Å². The van der Waals surface area contributed by atoms with E-state index in [-0.39, 0.29) is 25.5 Å². The molecule has 9 heteroatoms. The molecule has 0 aliphatic heterocycles. The number of carboxylic acid groups (broad SMARTS) is 1. The van der Waals surface area contributed by atoms with Crippen LogP contribution in [0.4, 0.5) is 9.18 Å². The van der Waals surface area contributed by atoms with Gasteiger partial charge in [-0.3, -0.25) is 0 Å². The van der Waals surface area contributed by atoms with Crippen LogP contribution in [-0.4, -0.2) is 74.8 Å². The van der Waals surface area contributed by atoms with Crippen LogP contribution in [0.25, 0.3) is 0 Å². The first kappa shape index (κ1) is 28.1. The lowest BCUT2D eigenvalue weighted by Crippen LogP contribution is -2.36. The molecule has 192 valence electrons. The Morgan fingerprint density at radius 3 is 2.29 bits per heavy atom. The van der Waals surface area contributed by atoms with Crippen LogP contribution < -0.4 is 4.74 Å². The SMILES string of the molecule is CCOC(Cc1ccc(OCCN(CCCc2ccc(F)cc2)C(=O)OCCOC)cc1)C(=O)O. The zero-order chi connectivity index (χ0) is 25.5. The monoisotopic (exact) mass is 491 g/mol. The van der Waals surface area contributed by atoms with E-state index in [1.807, 2.05) is 0 Å². The summed E-state index contributed by atoms with van der Waals surface area (Å²) in [7, 11) is 1.53. The van der Waals surface area contributed by atoms with Gasteiger partial charge >= 0.3 is 12.1 Å². The van der Waals surface area contributed by atoms with Gasteiger partial charge in [0.15, 0.2) is 6.10 Å². The summed E-state index contributed by atoms with van der Waals surface area (Å²) in [6.45, 7) is 3.59. The molecule has 2 aromatic carbocycles. The van der Waals surface area contributed by atoms with Crippen molar-refractivity contribution < 1.29 is 38.0 Å². The van der Waals surface area contributed by atoms with Gasteiger partial charge in [-0.2, -0.15) is 0 Å². The summed E-state index contributed by atoms with van der Waals surface area (Å²) in [5.41, 5.74) is 1.81. The minimum Gasteiger partial charge on any atom is -0.492 e. The van der Waals surface area contributed by atoms with Crippen molar-refractivity contribution in [2.75, 3.05) is 46.6 Å². The molecule has 1 unspecified atom stereocenters. The number of halogens is 1. The molecular formula is C26H34FNO7. The molecule has 35 heavy (non-hydrogen) atoms. The topological polar surface area (TPSA) is 94.5 Å². The van der Waals surface area contributed by atoms with Gasteiger partial charge in [-0.15, -0.1) is 0 Å². The number of hydrogen-bond acceptors (Lipinski definition) is 6. The van der Waals surface area contributed by atoms with Crippen molar-refractivity contribution in [1.82, 2.24) is 4.90 Å². The Balaban J connectivity index is 1.86. The molecule has 2 rings (SSSR count). The summed E-state index contributed by atoms with van der Waals surface area (Å²) in [4.78, 5) is 25.3. The van der Waals surface area contributed by atoms with Crippen molar-refractivity contribution >= 4 is 12.1 Å². The van der Waals surface area contributed by atoms with Gasteiger partial charge in [-0.1, -0.05) is 24.3 Å². The third kappa shape index (κ3) is 10.7. The third-order valence-electron chi connectivity index (χ3n) is 5.20. The van der Waals surface area contributed by atoms with Gasteiger partial charge in [0, 0.05) is 26.7 Å². The Morgan fingerprint density at radius 2 is 1.66 bits per heavy atom. The predicted octanol–water partition coefficient (Wildman–Crippen LogP) is 3.95. The van der Waals surface area contributed by atoms with E-state index in [9.17, 15) is 19.1 Å². The third-order valence-corrected chi connectivity index (χ3v) is 5.20. The molecule has 0 bridgehead atoms.